The second-order valence-electron chi connectivity index (χ2n) is 18.4. The average Bonchev–Trinajstić information content (AvgIpc) is 2.93. The molecule has 0 aliphatic heterocycles. The average molecular weight is 643 g/mol. The highest BCUT2D eigenvalue weighted by Gasteiger charge is 2.58. The second-order valence-corrected chi connectivity index (χ2v) is 18.4. The second kappa shape index (κ2) is 20.4. The van der Waals surface area contributed by atoms with E-state index in [1.54, 1.807) is 0 Å². The van der Waals surface area contributed by atoms with E-state index in [1.165, 1.54) is 77.0 Å². The smallest absolute Gasteiger partial charge is 0.113 e. The van der Waals surface area contributed by atoms with Crippen LogP contribution in [0.2, 0.25) is 0 Å². The van der Waals surface area contributed by atoms with Crippen molar-refractivity contribution in [3.8, 4) is 0 Å². The molecule has 0 aliphatic carbocycles. The van der Waals surface area contributed by atoms with Crippen molar-refractivity contribution in [2.75, 3.05) is 0 Å². The molecule has 0 bridgehead atoms. The lowest BCUT2D eigenvalue weighted by Crippen LogP contribution is -2.60. The first-order valence-corrected chi connectivity index (χ1v) is 19.1. The van der Waals surface area contributed by atoms with E-state index in [1.807, 2.05) is 24.3 Å². The summed E-state index contributed by atoms with van der Waals surface area (Å²) in [5, 5.41) is 0. The molecule has 0 rings (SSSR count). The van der Waals surface area contributed by atoms with Crippen molar-refractivity contribution in [1.82, 2.24) is 0 Å². The lowest BCUT2D eigenvalue weighted by Gasteiger charge is -2.57. The minimum absolute atomic E-state index is 0.0899. The molecule has 46 heavy (non-hydrogen) atoms. The highest BCUT2D eigenvalue weighted by atomic mass is 17.2. The molecule has 0 unspecified atom stereocenters. The van der Waals surface area contributed by atoms with Gasteiger partial charge in [-0.15, -0.1) is 26.3 Å². The van der Waals surface area contributed by atoms with E-state index in [0.29, 0.717) is 11.8 Å². The fraction of sp³-hybridized carbons (Fsp3) is 0.818. The van der Waals surface area contributed by atoms with Crippen molar-refractivity contribution in [3.05, 3.63) is 50.6 Å². The largest absolute Gasteiger partial charge is 0.228 e. The molecule has 2 heteroatoms. The van der Waals surface area contributed by atoms with E-state index >= 15 is 0 Å². The summed E-state index contributed by atoms with van der Waals surface area (Å²) >= 11 is 0. The third-order valence-electron chi connectivity index (χ3n) is 11.0. The summed E-state index contributed by atoms with van der Waals surface area (Å²) < 4.78 is 0. The summed E-state index contributed by atoms with van der Waals surface area (Å²) in [7, 11) is 0. The predicted octanol–water partition coefficient (Wildman–Crippen LogP) is 14.8. The van der Waals surface area contributed by atoms with E-state index in [-0.39, 0.29) is 21.7 Å². The summed E-state index contributed by atoms with van der Waals surface area (Å²) in [5.74, 6) is 0.904. The van der Waals surface area contributed by atoms with Gasteiger partial charge in [-0.05, 0) is 59.2 Å². The summed E-state index contributed by atoms with van der Waals surface area (Å²) in [4.78, 5) is 14.2. The summed E-state index contributed by atoms with van der Waals surface area (Å²) in [5.41, 5.74) is -1.20. The minimum Gasteiger partial charge on any atom is -0.228 e. The molecule has 0 heterocycles. The Morgan fingerprint density at radius 3 is 0.804 bits per heavy atom. The Hall–Kier alpha value is -1.12. The monoisotopic (exact) mass is 643 g/mol. The lowest BCUT2D eigenvalue weighted by molar-refractivity contribution is -0.477. The van der Waals surface area contributed by atoms with Crippen LogP contribution in [0.5, 0.6) is 0 Å². The maximum absolute atomic E-state index is 7.09. The fourth-order valence-electron chi connectivity index (χ4n) is 8.06. The first kappa shape index (κ1) is 44.9. The number of hydrogen-bond donors (Lipinski definition) is 0. The lowest BCUT2D eigenvalue weighted by atomic mass is 9.60. The Bertz CT molecular complexity index is 734. The maximum Gasteiger partial charge on any atom is 0.113 e. The Morgan fingerprint density at radius 2 is 0.587 bits per heavy atom. The van der Waals surface area contributed by atoms with Gasteiger partial charge in [-0.3, -0.25) is 0 Å². The van der Waals surface area contributed by atoms with Gasteiger partial charge in [-0.25, -0.2) is 9.78 Å². The van der Waals surface area contributed by atoms with Crippen LogP contribution in [0.4, 0.5) is 0 Å². The molecule has 0 atom stereocenters. The molecule has 2 nitrogen and oxygen atoms in total. The summed E-state index contributed by atoms with van der Waals surface area (Å²) in [6, 6.07) is 0. The van der Waals surface area contributed by atoms with E-state index in [4.69, 9.17) is 9.78 Å². The van der Waals surface area contributed by atoms with Crippen LogP contribution < -0.4 is 0 Å². The molecule has 270 valence electrons. The minimum atomic E-state index is -0.419. The van der Waals surface area contributed by atoms with Crippen molar-refractivity contribution in [2.45, 2.75) is 197 Å². The van der Waals surface area contributed by atoms with Crippen molar-refractivity contribution in [3.63, 3.8) is 0 Å². The van der Waals surface area contributed by atoms with Crippen LogP contribution in [0.1, 0.15) is 186 Å². The zero-order chi connectivity index (χ0) is 35.7. The van der Waals surface area contributed by atoms with Crippen LogP contribution in [-0.2, 0) is 9.78 Å². The molecule has 0 fully saturated rings. The van der Waals surface area contributed by atoms with E-state index in [2.05, 4.69) is 109 Å². The van der Waals surface area contributed by atoms with Crippen molar-refractivity contribution in [2.24, 2.45) is 33.5 Å². The van der Waals surface area contributed by atoms with Crippen LogP contribution in [-0.4, -0.2) is 11.2 Å². The molecular weight excluding hydrogens is 560 g/mol. The molecule has 0 aromatic carbocycles. The van der Waals surface area contributed by atoms with Crippen molar-refractivity contribution in [1.29, 1.82) is 0 Å². The molecule has 0 N–H and O–H groups in total. The zero-order valence-electron chi connectivity index (χ0n) is 33.4. The number of hydrogen-bond acceptors (Lipinski definition) is 2. The Balaban J connectivity index is 5.62. The van der Waals surface area contributed by atoms with Gasteiger partial charge < -0.3 is 0 Å². The van der Waals surface area contributed by atoms with Gasteiger partial charge in [0.2, 0.25) is 0 Å². The Kier molecular flexibility index (Phi) is 19.9. The van der Waals surface area contributed by atoms with E-state index < -0.39 is 11.2 Å². The van der Waals surface area contributed by atoms with Gasteiger partial charge in [0.05, 0.1) is 0 Å². The molecule has 0 aromatic rings. The highest BCUT2D eigenvalue weighted by molar-refractivity contribution is 5.03. The standard InChI is InChI=1S/C44H82O2/c1-17-37(18-2)33-29-25-21-23-27-31-35-43(39(5,6)7,40(8,9)10)45-46-44(41(11,12)13,42(14,15)16)36-32-28-24-22-26-30-34-38(19-3)20-4/h17-20,37-38H,1-4,21-36H2,5-16H3. The van der Waals surface area contributed by atoms with E-state index in [9.17, 15) is 0 Å². The van der Waals surface area contributed by atoms with Gasteiger partial charge in [0.25, 0.3) is 0 Å². The first-order valence-electron chi connectivity index (χ1n) is 19.1. The maximum atomic E-state index is 7.09. The molecule has 0 amide bonds. The quantitative estimate of drug-likeness (QED) is 0.0427. The molecule has 0 radical (unpaired) electrons. The predicted molar refractivity (Wildman–Crippen MR) is 207 cm³/mol. The van der Waals surface area contributed by atoms with Crippen molar-refractivity contribution < 1.29 is 9.78 Å². The molecule has 0 aromatic heterocycles. The van der Waals surface area contributed by atoms with Gasteiger partial charge in [0.1, 0.15) is 11.2 Å². The third-order valence-corrected chi connectivity index (χ3v) is 11.0. The highest BCUT2D eigenvalue weighted by Crippen LogP contribution is 2.55. The van der Waals surface area contributed by atoms with Gasteiger partial charge in [-0.1, -0.05) is 184 Å². The van der Waals surface area contributed by atoms with Gasteiger partial charge in [0, 0.05) is 0 Å². The topological polar surface area (TPSA) is 18.5 Å². The number of unbranched alkanes of at least 4 members (excludes halogenated alkanes) is 10. The van der Waals surface area contributed by atoms with E-state index in [0.717, 1.165) is 25.7 Å². The van der Waals surface area contributed by atoms with Crippen LogP contribution >= 0.6 is 0 Å². The Morgan fingerprint density at radius 1 is 0.370 bits per heavy atom. The first-order chi connectivity index (χ1) is 21.2. The van der Waals surface area contributed by atoms with Crippen LogP contribution in [0, 0.1) is 33.5 Å². The number of allylic oxidation sites excluding steroid dienone is 4. The van der Waals surface area contributed by atoms with Crippen LogP contribution in [0.25, 0.3) is 0 Å². The summed E-state index contributed by atoms with van der Waals surface area (Å²) in [6.45, 7) is 43.9. The molecular formula is C44H82O2. The fourth-order valence-corrected chi connectivity index (χ4v) is 8.06. The van der Waals surface area contributed by atoms with Gasteiger partial charge >= 0.3 is 0 Å². The van der Waals surface area contributed by atoms with Gasteiger partial charge in [0.15, 0.2) is 0 Å². The van der Waals surface area contributed by atoms with Gasteiger partial charge in [-0.2, -0.15) is 0 Å². The normalized spacial score (nSPS) is 13.8. The Labute approximate surface area is 290 Å². The zero-order valence-corrected chi connectivity index (χ0v) is 33.4. The molecule has 0 saturated heterocycles. The van der Waals surface area contributed by atoms with Crippen molar-refractivity contribution >= 4 is 0 Å². The molecule has 0 saturated carbocycles. The SMILES string of the molecule is C=CC(C=C)CCCCCCCCC(OOC(CCCCCCCCC(C=C)C=C)(C(C)(C)C)C(C)(C)C)(C(C)(C)C)C(C)(C)C. The molecule has 0 aliphatic rings. The summed E-state index contributed by atoms with van der Waals surface area (Å²) in [6.07, 6.45) is 27.4. The van der Waals surface area contributed by atoms with Crippen LogP contribution in [0.15, 0.2) is 50.6 Å². The number of rotatable bonds is 25. The van der Waals surface area contributed by atoms with Crippen LogP contribution in [0.3, 0.4) is 0 Å². The molecule has 0 spiro atoms. The third kappa shape index (κ3) is 13.8.